The molecule has 3 N–H and O–H groups in total. The lowest BCUT2D eigenvalue weighted by atomic mass is 9.81. The van der Waals surface area contributed by atoms with Gasteiger partial charge in [-0.05, 0) is 50.3 Å². The van der Waals surface area contributed by atoms with Gasteiger partial charge in [-0.2, -0.15) is 0 Å². The monoisotopic (exact) mass is 260 g/mol. The van der Waals surface area contributed by atoms with Crippen LogP contribution in [0.5, 0.6) is 0 Å². The maximum atomic E-state index is 5.57. The van der Waals surface area contributed by atoms with E-state index in [0.29, 0.717) is 6.04 Å². The quantitative estimate of drug-likeness (QED) is 0.735. The van der Waals surface area contributed by atoms with Gasteiger partial charge < -0.3 is 11.1 Å². The predicted octanol–water partition coefficient (Wildman–Crippen LogP) is 3.64. The van der Waals surface area contributed by atoms with Crippen LogP contribution in [0.25, 0.3) is 0 Å². The number of rotatable bonds is 7. The van der Waals surface area contributed by atoms with Crippen molar-refractivity contribution in [3.8, 4) is 0 Å². The second-order valence-corrected chi connectivity index (χ2v) is 5.74. The van der Waals surface area contributed by atoms with Crippen molar-refractivity contribution in [2.45, 2.75) is 51.0 Å². The summed E-state index contributed by atoms with van der Waals surface area (Å²) in [7, 11) is 0. The molecule has 1 aromatic carbocycles. The minimum atomic E-state index is 0.541. The zero-order chi connectivity index (χ0) is 13.3. The molecule has 1 fully saturated rings. The summed E-state index contributed by atoms with van der Waals surface area (Å²) in [5.74, 6) is 0.814. The van der Waals surface area contributed by atoms with E-state index in [9.17, 15) is 0 Å². The zero-order valence-corrected chi connectivity index (χ0v) is 12.0. The minimum absolute atomic E-state index is 0.541. The molecule has 0 amide bonds. The molecule has 2 rings (SSSR count). The van der Waals surface area contributed by atoms with E-state index < -0.39 is 0 Å². The van der Waals surface area contributed by atoms with Crippen molar-refractivity contribution in [2.24, 2.45) is 11.7 Å². The summed E-state index contributed by atoms with van der Waals surface area (Å²) < 4.78 is 0. The summed E-state index contributed by atoms with van der Waals surface area (Å²) >= 11 is 0. The van der Waals surface area contributed by atoms with Crippen molar-refractivity contribution in [1.82, 2.24) is 5.32 Å². The zero-order valence-electron chi connectivity index (χ0n) is 12.0. The van der Waals surface area contributed by atoms with Crippen LogP contribution in [-0.2, 0) is 0 Å². The number of nitrogens with one attached hydrogen (secondary N) is 1. The van der Waals surface area contributed by atoms with E-state index >= 15 is 0 Å². The number of hydrogen-bond donors (Lipinski definition) is 2. The normalized spacial score (nSPS) is 18.4. The van der Waals surface area contributed by atoms with Crippen LogP contribution in [0.2, 0.25) is 0 Å². The van der Waals surface area contributed by atoms with Crippen molar-refractivity contribution in [3.05, 3.63) is 35.9 Å². The Morgan fingerprint density at radius 1 is 1.05 bits per heavy atom. The molecule has 2 nitrogen and oxygen atoms in total. The lowest BCUT2D eigenvalue weighted by Crippen LogP contribution is -2.30. The van der Waals surface area contributed by atoms with Gasteiger partial charge in [0.25, 0.3) is 0 Å². The molecule has 19 heavy (non-hydrogen) atoms. The smallest absolute Gasteiger partial charge is 0.0348 e. The van der Waals surface area contributed by atoms with Gasteiger partial charge in [0.15, 0.2) is 0 Å². The van der Waals surface area contributed by atoms with E-state index in [0.717, 1.165) is 25.4 Å². The molecule has 0 aliphatic heterocycles. The molecule has 1 unspecified atom stereocenters. The Hall–Kier alpha value is -0.860. The Kier molecular flexibility index (Phi) is 6.38. The summed E-state index contributed by atoms with van der Waals surface area (Å²) in [6.07, 6.45) is 9.29. The van der Waals surface area contributed by atoms with E-state index in [1.165, 1.54) is 44.1 Å². The fraction of sp³-hybridized carbons (Fsp3) is 0.647. The van der Waals surface area contributed by atoms with Crippen molar-refractivity contribution >= 4 is 0 Å². The van der Waals surface area contributed by atoms with Gasteiger partial charge in [0, 0.05) is 6.04 Å². The highest BCUT2D eigenvalue weighted by molar-refractivity contribution is 5.19. The average molecular weight is 260 g/mol. The summed E-state index contributed by atoms with van der Waals surface area (Å²) in [6.45, 7) is 1.90. The third-order valence-electron chi connectivity index (χ3n) is 4.28. The molecular weight excluding hydrogens is 232 g/mol. The first-order chi connectivity index (χ1) is 9.42. The highest BCUT2D eigenvalue weighted by atomic mass is 14.9. The van der Waals surface area contributed by atoms with Crippen LogP contribution in [-0.4, -0.2) is 13.1 Å². The highest BCUT2D eigenvalue weighted by Crippen LogP contribution is 2.34. The van der Waals surface area contributed by atoms with Crippen molar-refractivity contribution in [1.29, 1.82) is 0 Å². The second kappa shape index (κ2) is 8.34. The first-order valence-corrected chi connectivity index (χ1v) is 7.90. The Morgan fingerprint density at radius 2 is 1.79 bits per heavy atom. The number of unbranched alkanes of at least 4 members (excludes halogenated alkanes) is 1. The molecule has 1 aliphatic carbocycles. The van der Waals surface area contributed by atoms with Crippen LogP contribution in [0, 0.1) is 5.92 Å². The summed E-state index contributed by atoms with van der Waals surface area (Å²) in [5.41, 5.74) is 7.03. The topological polar surface area (TPSA) is 38.0 Å². The molecule has 1 aliphatic rings. The molecule has 1 saturated carbocycles. The number of hydrogen-bond acceptors (Lipinski definition) is 2. The summed E-state index contributed by atoms with van der Waals surface area (Å²) in [6, 6.07) is 11.5. The molecule has 0 radical (unpaired) electrons. The molecule has 0 saturated heterocycles. The van der Waals surface area contributed by atoms with Gasteiger partial charge in [-0.3, -0.25) is 0 Å². The van der Waals surface area contributed by atoms with Crippen LogP contribution < -0.4 is 11.1 Å². The molecule has 0 spiro atoms. The van der Waals surface area contributed by atoms with Gasteiger partial charge >= 0.3 is 0 Å². The standard InChI is InChI=1S/C17H28N2/c18-13-7-8-14-19-17(15-9-3-1-4-10-15)16-11-5-2-6-12-16/h1,3-4,9-10,16-17,19H,2,5-8,11-14,18H2. The van der Waals surface area contributed by atoms with Crippen molar-refractivity contribution in [2.75, 3.05) is 13.1 Å². The van der Waals surface area contributed by atoms with Crippen LogP contribution >= 0.6 is 0 Å². The SMILES string of the molecule is NCCCCNC(c1ccccc1)C1CCCCC1. The van der Waals surface area contributed by atoms with Crippen molar-refractivity contribution < 1.29 is 0 Å². The van der Waals surface area contributed by atoms with E-state index in [1.54, 1.807) is 0 Å². The Balaban J connectivity index is 1.96. The van der Waals surface area contributed by atoms with E-state index in [1.807, 2.05) is 0 Å². The highest BCUT2D eigenvalue weighted by Gasteiger charge is 2.24. The van der Waals surface area contributed by atoms with E-state index in [-0.39, 0.29) is 0 Å². The maximum Gasteiger partial charge on any atom is 0.0348 e. The van der Waals surface area contributed by atoms with E-state index in [4.69, 9.17) is 5.73 Å². The largest absolute Gasteiger partial charge is 0.330 e. The van der Waals surface area contributed by atoms with Crippen molar-refractivity contribution in [3.63, 3.8) is 0 Å². The number of benzene rings is 1. The van der Waals surface area contributed by atoms with Crippen LogP contribution in [0.4, 0.5) is 0 Å². The Morgan fingerprint density at radius 3 is 2.47 bits per heavy atom. The van der Waals surface area contributed by atoms with E-state index in [2.05, 4.69) is 35.6 Å². The molecule has 106 valence electrons. The third kappa shape index (κ3) is 4.63. The maximum absolute atomic E-state index is 5.57. The molecule has 1 aromatic rings. The Labute approximate surface area is 117 Å². The summed E-state index contributed by atoms with van der Waals surface area (Å²) in [4.78, 5) is 0. The fourth-order valence-corrected chi connectivity index (χ4v) is 3.21. The fourth-order valence-electron chi connectivity index (χ4n) is 3.21. The number of nitrogens with two attached hydrogens (primary N) is 1. The molecule has 0 aromatic heterocycles. The molecule has 0 bridgehead atoms. The first kappa shape index (κ1) is 14.5. The molecular formula is C17H28N2. The van der Waals surface area contributed by atoms with Gasteiger partial charge in [-0.1, -0.05) is 49.6 Å². The third-order valence-corrected chi connectivity index (χ3v) is 4.28. The van der Waals surface area contributed by atoms with Gasteiger partial charge in [-0.15, -0.1) is 0 Å². The lowest BCUT2D eigenvalue weighted by molar-refractivity contribution is 0.271. The van der Waals surface area contributed by atoms with Crippen LogP contribution in [0.1, 0.15) is 56.6 Å². The molecule has 0 heterocycles. The van der Waals surface area contributed by atoms with Crippen LogP contribution in [0.15, 0.2) is 30.3 Å². The second-order valence-electron chi connectivity index (χ2n) is 5.74. The molecule has 1 atom stereocenters. The lowest BCUT2D eigenvalue weighted by Gasteiger charge is -2.31. The van der Waals surface area contributed by atoms with Gasteiger partial charge in [0.1, 0.15) is 0 Å². The predicted molar refractivity (Wildman–Crippen MR) is 82.0 cm³/mol. The minimum Gasteiger partial charge on any atom is -0.330 e. The van der Waals surface area contributed by atoms with Gasteiger partial charge in [-0.25, -0.2) is 0 Å². The Bertz CT molecular complexity index is 330. The summed E-state index contributed by atoms with van der Waals surface area (Å²) in [5, 5.41) is 3.78. The van der Waals surface area contributed by atoms with Gasteiger partial charge in [0.05, 0.1) is 0 Å². The van der Waals surface area contributed by atoms with Crippen LogP contribution in [0.3, 0.4) is 0 Å². The average Bonchev–Trinajstić information content (AvgIpc) is 2.49. The van der Waals surface area contributed by atoms with Gasteiger partial charge in [0.2, 0.25) is 0 Å². The first-order valence-electron chi connectivity index (χ1n) is 7.90. The molecule has 2 heteroatoms.